The molecule has 0 fully saturated rings. The highest BCUT2D eigenvalue weighted by molar-refractivity contribution is 5.90. The van der Waals surface area contributed by atoms with E-state index in [-0.39, 0.29) is 12.5 Å². The number of hydrogen-bond acceptors (Lipinski definition) is 4. The van der Waals surface area contributed by atoms with Gasteiger partial charge in [0.2, 0.25) is 11.7 Å². The molecule has 0 atom stereocenters. The minimum Gasteiger partial charge on any atom is -0.324 e. The molecule has 0 aliphatic carbocycles. The molecule has 0 aliphatic heterocycles. The first-order valence-corrected chi connectivity index (χ1v) is 7.87. The number of nitrogens with one attached hydrogen (secondary N) is 1. The van der Waals surface area contributed by atoms with E-state index < -0.39 is 0 Å². The fraction of sp³-hybridized carbons (Fsp3) is 0.222. The van der Waals surface area contributed by atoms with E-state index in [9.17, 15) is 4.79 Å². The molecule has 0 radical (unpaired) electrons. The number of tetrazole rings is 1. The van der Waals surface area contributed by atoms with Crippen LogP contribution in [0.2, 0.25) is 0 Å². The number of amides is 1. The van der Waals surface area contributed by atoms with Gasteiger partial charge in [0.05, 0.1) is 0 Å². The van der Waals surface area contributed by atoms with Crippen LogP contribution in [-0.2, 0) is 17.8 Å². The van der Waals surface area contributed by atoms with Crippen LogP contribution in [0, 0.1) is 6.92 Å². The molecule has 24 heavy (non-hydrogen) atoms. The SMILES string of the molecule is CCc1ccc(-c2nnn(CC(=O)Nc3cccc(C)c3)n2)cc1. The Morgan fingerprint density at radius 3 is 2.67 bits per heavy atom. The number of anilines is 1. The zero-order valence-electron chi connectivity index (χ0n) is 13.7. The predicted octanol–water partition coefficient (Wildman–Crippen LogP) is 2.85. The number of benzene rings is 2. The van der Waals surface area contributed by atoms with E-state index in [1.807, 2.05) is 55.5 Å². The second-order valence-corrected chi connectivity index (χ2v) is 5.61. The molecule has 6 nitrogen and oxygen atoms in total. The van der Waals surface area contributed by atoms with Gasteiger partial charge in [0, 0.05) is 11.3 Å². The van der Waals surface area contributed by atoms with Gasteiger partial charge in [-0.2, -0.15) is 4.80 Å². The van der Waals surface area contributed by atoms with Crippen LogP contribution in [0.5, 0.6) is 0 Å². The Labute approximate surface area is 140 Å². The molecule has 0 saturated heterocycles. The number of hydrogen-bond donors (Lipinski definition) is 1. The Hall–Kier alpha value is -3.02. The van der Waals surface area contributed by atoms with Crippen molar-refractivity contribution in [2.24, 2.45) is 0 Å². The summed E-state index contributed by atoms with van der Waals surface area (Å²) >= 11 is 0. The fourth-order valence-electron chi connectivity index (χ4n) is 2.37. The van der Waals surface area contributed by atoms with Gasteiger partial charge in [0.25, 0.3) is 0 Å². The third kappa shape index (κ3) is 3.84. The second kappa shape index (κ2) is 7.04. The van der Waals surface area contributed by atoms with E-state index in [0.29, 0.717) is 5.82 Å². The summed E-state index contributed by atoms with van der Waals surface area (Å²) < 4.78 is 0. The van der Waals surface area contributed by atoms with Crippen molar-refractivity contribution in [3.05, 3.63) is 59.7 Å². The first kappa shape index (κ1) is 15.9. The highest BCUT2D eigenvalue weighted by Gasteiger charge is 2.09. The van der Waals surface area contributed by atoms with Crippen LogP contribution in [-0.4, -0.2) is 26.1 Å². The predicted molar refractivity (Wildman–Crippen MR) is 92.4 cm³/mol. The lowest BCUT2D eigenvalue weighted by Crippen LogP contribution is -2.20. The Bertz CT molecular complexity index is 839. The molecule has 0 spiro atoms. The fourth-order valence-corrected chi connectivity index (χ4v) is 2.37. The van der Waals surface area contributed by atoms with Crippen LogP contribution in [0.15, 0.2) is 48.5 Å². The van der Waals surface area contributed by atoms with Crippen LogP contribution in [0.3, 0.4) is 0 Å². The molecule has 3 rings (SSSR count). The van der Waals surface area contributed by atoms with Crippen LogP contribution in [0.1, 0.15) is 18.1 Å². The molecule has 1 heterocycles. The van der Waals surface area contributed by atoms with Crippen molar-refractivity contribution in [2.45, 2.75) is 26.8 Å². The van der Waals surface area contributed by atoms with Crippen LogP contribution >= 0.6 is 0 Å². The van der Waals surface area contributed by atoms with Gasteiger partial charge >= 0.3 is 0 Å². The summed E-state index contributed by atoms with van der Waals surface area (Å²) in [5, 5.41) is 15.1. The van der Waals surface area contributed by atoms with Crippen molar-refractivity contribution in [2.75, 3.05) is 5.32 Å². The van der Waals surface area contributed by atoms with Crippen LogP contribution < -0.4 is 5.32 Å². The topological polar surface area (TPSA) is 72.7 Å². The molecule has 2 aromatic carbocycles. The number of carbonyl (C=O) groups excluding carboxylic acids is 1. The maximum Gasteiger partial charge on any atom is 0.248 e. The van der Waals surface area contributed by atoms with E-state index in [1.54, 1.807) is 0 Å². The lowest BCUT2D eigenvalue weighted by molar-refractivity contribution is -0.117. The molecule has 3 aromatic rings. The van der Waals surface area contributed by atoms with Crippen LogP contribution in [0.25, 0.3) is 11.4 Å². The highest BCUT2D eigenvalue weighted by Crippen LogP contribution is 2.15. The molecule has 0 saturated carbocycles. The molecule has 0 unspecified atom stereocenters. The van der Waals surface area contributed by atoms with Crippen molar-refractivity contribution in [3.63, 3.8) is 0 Å². The Kier molecular flexibility index (Phi) is 4.65. The first-order chi connectivity index (χ1) is 11.6. The van der Waals surface area contributed by atoms with Gasteiger partial charge in [-0.25, -0.2) is 0 Å². The lowest BCUT2D eigenvalue weighted by atomic mass is 10.1. The number of aromatic nitrogens is 4. The van der Waals surface area contributed by atoms with Gasteiger partial charge in [0.1, 0.15) is 6.54 Å². The van der Waals surface area contributed by atoms with E-state index in [0.717, 1.165) is 23.2 Å². The molecular weight excluding hydrogens is 302 g/mol. The largest absolute Gasteiger partial charge is 0.324 e. The summed E-state index contributed by atoms with van der Waals surface area (Å²) in [5.74, 6) is 0.326. The number of rotatable bonds is 5. The zero-order chi connectivity index (χ0) is 16.9. The standard InChI is InChI=1S/C18H19N5O/c1-3-14-7-9-15(10-8-14)18-20-22-23(21-18)12-17(24)19-16-6-4-5-13(2)11-16/h4-11H,3,12H2,1-2H3,(H,19,24). The highest BCUT2D eigenvalue weighted by atomic mass is 16.2. The van der Waals surface area contributed by atoms with Gasteiger partial charge in [-0.15, -0.1) is 10.2 Å². The summed E-state index contributed by atoms with van der Waals surface area (Å²) in [4.78, 5) is 13.4. The number of nitrogens with zero attached hydrogens (tertiary/aromatic N) is 4. The maximum absolute atomic E-state index is 12.1. The Morgan fingerprint density at radius 2 is 1.96 bits per heavy atom. The number of aryl methyl sites for hydroxylation is 2. The first-order valence-electron chi connectivity index (χ1n) is 7.87. The molecule has 0 bridgehead atoms. The second-order valence-electron chi connectivity index (χ2n) is 5.61. The van der Waals surface area contributed by atoms with Crippen LogP contribution in [0.4, 0.5) is 5.69 Å². The average Bonchev–Trinajstić information content (AvgIpc) is 3.03. The van der Waals surface area contributed by atoms with E-state index >= 15 is 0 Å². The van der Waals surface area contributed by atoms with Crippen molar-refractivity contribution >= 4 is 11.6 Å². The summed E-state index contributed by atoms with van der Waals surface area (Å²) in [6.07, 6.45) is 0.986. The molecule has 1 N–H and O–H groups in total. The van der Waals surface area contributed by atoms with Gasteiger partial charge < -0.3 is 5.32 Å². The summed E-state index contributed by atoms with van der Waals surface area (Å²) in [7, 11) is 0. The third-order valence-electron chi connectivity index (χ3n) is 3.66. The summed E-state index contributed by atoms with van der Waals surface area (Å²) in [6, 6.07) is 15.6. The lowest BCUT2D eigenvalue weighted by Gasteiger charge is -2.04. The van der Waals surface area contributed by atoms with Crippen molar-refractivity contribution < 1.29 is 4.79 Å². The Balaban J connectivity index is 1.65. The monoisotopic (exact) mass is 321 g/mol. The van der Waals surface area contributed by atoms with Gasteiger partial charge in [-0.1, -0.05) is 43.3 Å². The minimum atomic E-state index is -0.189. The zero-order valence-corrected chi connectivity index (χ0v) is 13.7. The number of carbonyl (C=O) groups is 1. The minimum absolute atomic E-state index is 0.0218. The molecule has 1 aromatic heterocycles. The maximum atomic E-state index is 12.1. The molecule has 0 aliphatic rings. The van der Waals surface area contributed by atoms with E-state index in [4.69, 9.17) is 0 Å². The average molecular weight is 321 g/mol. The Morgan fingerprint density at radius 1 is 1.17 bits per heavy atom. The molecule has 6 heteroatoms. The van der Waals surface area contributed by atoms with Gasteiger partial charge in [0.15, 0.2) is 0 Å². The van der Waals surface area contributed by atoms with Crippen molar-refractivity contribution in [3.8, 4) is 11.4 Å². The van der Waals surface area contributed by atoms with Gasteiger partial charge in [-0.3, -0.25) is 4.79 Å². The normalized spacial score (nSPS) is 10.6. The smallest absolute Gasteiger partial charge is 0.248 e. The van der Waals surface area contributed by atoms with Crippen molar-refractivity contribution in [1.82, 2.24) is 20.2 Å². The van der Waals surface area contributed by atoms with Crippen molar-refractivity contribution in [1.29, 1.82) is 0 Å². The summed E-state index contributed by atoms with van der Waals surface area (Å²) in [6.45, 7) is 4.11. The van der Waals surface area contributed by atoms with E-state index in [1.165, 1.54) is 10.4 Å². The molecular formula is C18H19N5O. The molecule has 122 valence electrons. The summed E-state index contributed by atoms with van der Waals surface area (Å²) in [5.41, 5.74) is 3.99. The van der Waals surface area contributed by atoms with E-state index in [2.05, 4.69) is 27.7 Å². The third-order valence-corrected chi connectivity index (χ3v) is 3.66. The quantitative estimate of drug-likeness (QED) is 0.784. The molecule has 1 amide bonds. The van der Waals surface area contributed by atoms with Gasteiger partial charge in [-0.05, 0) is 41.8 Å².